The minimum Gasteiger partial charge on any atom is -0.461 e. The molecule has 1 N–H and O–H groups in total. The molecule has 6 heteroatoms. The highest BCUT2D eigenvalue weighted by Gasteiger charge is 2.12. The third-order valence-corrected chi connectivity index (χ3v) is 2.07. The van der Waals surface area contributed by atoms with Crippen molar-refractivity contribution < 1.29 is 9.53 Å². The quantitative estimate of drug-likeness (QED) is 0.783. The number of ether oxygens (including phenoxy) is 1. The van der Waals surface area contributed by atoms with E-state index in [0.717, 1.165) is 5.56 Å². The molecule has 2 rings (SSSR count). The van der Waals surface area contributed by atoms with Crippen LogP contribution in [-0.4, -0.2) is 32.6 Å². The first-order chi connectivity index (χ1) is 7.70. The van der Waals surface area contributed by atoms with Gasteiger partial charge in [-0.2, -0.15) is 10.2 Å². The first-order valence-electron chi connectivity index (χ1n) is 4.92. The first kappa shape index (κ1) is 10.4. The lowest BCUT2D eigenvalue weighted by molar-refractivity contribution is 0.0519. The van der Waals surface area contributed by atoms with Crippen LogP contribution >= 0.6 is 0 Å². The molecule has 0 aromatic carbocycles. The fraction of sp³-hybridized carbons (Fsp3) is 0.300. The summed E-state index contributed by atoms with van der Waals surface area (Å²) in [6.45, 7) is 2.11. The van der Waals surface area contributed by atoms with Crippen molar-refractivity contribution in [3.05, 3.63) is 24.2 Å². The van der Waals surface area contributed by atoms with E-state index in [9.17, 15) is 4.79 Å². The van der Waals surface area contributed by atoms with E-state index < -0.39 is 5.97 Å². The maximum Gasteiger partial charge on any atom is 0.356 e. The number of aromatic amines is 1. The Morgan fingerprint density at radius 1 is 1.62 bits per heavy atom. The summed E-state index contributed by atoms with van der Waals surface area (Å²) in [6, 6.07) is 1.65. The molecule has 0 aliphatic rings. The number of carbonyl (C=O) groups excluding carboxylic acids is 1. The van der Waals surface area contributed by atoms with Crippen LogP contribution in [0.4, 0.5) is 0 Å². The normalized spacial score (nSPS) is 10.4. The molecule has 0 fully saturated rings. The molecule has 0 saturated heterocycles. The predicted molar refractivity (Wildman–Crippen MR) is 56.7 cm³/mol. The van der Waals surface area contributed by atoms with E-state index in [2.05, 4.69) is 15.3 Å². The standard InChI is InChI=1S/C10H12N4O2/c1-3-16-10(15)9-4-8(12-13-9)7-5-11-14(2)6-7/h4-6H,3H2,1-2H3,(H,12,13). The fourth-order valence-electron chi connectivity index (χ4n) is 1.34. The van der Waals surface area contributed by atoms with Crippen molar-refractivity contribution in [1.29, 1.82) is 0 Å². The third kappa shape index (κ3) is 1.95. The number of H-pyrrole nitrogens is 1. The average Bonchev–Trinajstić information content (AvgIpc) is 2.85. The third-order valence-electron chi connectivity index (χ3n) is 2.07. The lowest BCUT2D eigenvalue weighted by atomic mass is 10.2. The van der Waals surface area contributed by atoms with E-state index in [1.54, 1.807) is 23.9 Å². The molecule has 84 valence electrons. The van der Waals surface area contributed by atoms with Crippen molar-refractivity contribution in [3.63, 3.8) is 0 Å². The molecule has 0 saturated carbocycles. The van der Waals surface area contributed by atoms with Gasteiger partial charge in [0.1, 0.15) is 5.69 Å². The molecule has 0 spiro atoms. The number of aromatic nitrogens is 4. The molecule has 0 aliphatic carbocycles. The first-order valence-corrected chi connectivity index (χ1v) is 4.92. The average molecular weight is 220 g/mol. The number of hydrogen-bond donors (Lipinski definition) is 1. The van der Waals surface area contributed by atoms with Gasteiger partial charge in [0.2, 0.25) is 0 Å². The van der Waals surface area contributed by atoms with Crippen molar-refractivity contribution in [3.8, 4) is 11.3 Å². The molecule has 2 aromatic heterocycles. The van der Waals surface area contributed by atoms with E-state index in [1.807, 2.05) is 13.2 Å². The number of nitrogens with one attached hydrogen (secondary N) is 1. The second kappa shape index (κ2) is 4.18. The van der Waals surface area contributed by atoms with Crippen LogP contribution in [0.25, 0.3) is 11.3 Å². The smallest absolute Gasteiger partial charge is 0.356 e. The number of esters is 1. The van der Waals surface area contributed by atoms with Crippen LogP contribution in [0.3, 0.4) is 0 Å². The topological polar surface area (TPSA) is 72.8 Å². The number of nitrogens with zero attached hydrogens (tertiary/aromatic N) is 3. The molecular formula is C10H12N4O2. The van der Waals surface area contributed by atoms with Gasteiger partial charge < -0.3 is 4.74 Å². The van der Waals surface area contributed by atoms with Crippen molar-refractivity contribution in [1.82, 2.24) is 20.0 Å². The Kier molecular flexibility index (Phi) is 2.72. The van der Waals surface area contributed by atoms with Crippen LogP contribution < -0.4 is 0 Å². The molecule has 0 radical (unpaired) electrons. The van der Waals surface area contributed by atoms with E-state index in [-0.39, 0.29) is 0 Å². The van der Waals surface area contributed by atoms with Crippen molar-refractivity contribution in [2.45, 2.75) is 6.92 Å². The molecule has 0 atom stereocenters. The second-order valence-corrected chi connectivity index (χ2v) is 3.29. The molecule has 0 bridgehead atoms. The molecule has 6 nitrogen and oxygen atoms in total. The van der Waals surface area contributed by atoms with Gasteiger partial charge in [-0.15, -0.1) is 0 Å². The lowest BCUT2D eigenvalue weighted by Gasteiger charge is -1.95. The molecule has 0 aliphatic heterocycles. The van der Waals surface area contributed by atoms with Crippen LogP contribution in [0.15, 0.2) is 18.5 Å². The van der Waals surface area contributed by atoms with Gasteiger partial charge in [0.15, 0.2) is 0 Å². The van der Waals surface area contributed by atoms with Crippen LogP contribution in [0.2, 0.25) is 0 Å². The van der Waals surface area contributed by atoms with Gasteiger partial charge >= 0.3 is 5.97 Å². The Morgan fingerprint density at radius 2 is 2.44 bits per heavy atom. The highest BCUT2D eigenvalue weighted by atomic mass is 16.5. The summed E-state index contributed by atoms with van der Waals surface area (Å²) in [5, 5.41) is 10.7. The van der Waals surface area contributed by atoms with Gasteiger partial charge in [-0.3, -0.25) is 9.78 Å². The number of aryl methyl sites for hydroxylation is 1. The summed E-state index contributed by atoms with van der Waals surface area (Å²) >= 11 is 0. The van der Waals surface area contributed by atoms with Crippen molar-refractivity contribution in [2.24, 2.45) is 7.05 Å². The number of carbonyl (C=O) groups is 1. The van der Waals surface area contributed by atoms with Crippen molar-refractivity contribution in [2.75, 3.05) is 6.61 Å². The molecule has 2 aromatic rings. The largest absolute Gasteiger partial charge is 0.461 e. The number of rotatable bonds is 3. The minimum atomic E-state index is -0.398. The summed E-state index contributed by atoms with van der Waals surface area (Å²) in [5.74, 6) is -0.398. The maximum absolute atomic E-state index is 11.4. The maximum atomic E-state index is 11.4. The van der Waals surface area contributed by atoms with Crippen LogP contribution in [0.1, 0.15) is 17.4 Å². The Labute approximate surface area is 92.2 Å². The summed E-state index contributed by atoms with van der Waals surface area (Å²) in [5.41, 5.74) is 1.88. The zero-order chi connectivity index (χ0) is 11.5. The van der Waals surface area contributed by atoms with Gasteiger partial charge in [-0.1, -0.05) is 0 Å². The molecular weight excluding hydrogens is 208 g/mol. The zero-order valence-corrected chi connectivity index (χ0v) is 9.10. The minimum absolute atomic E-state index is 0.347. The summed E-state index contributed by atoms with van der Waals surface area (Å²) in [7, 11) is 1.82. The monoisotopic (exact) mass is 220 g/mol. The summed E-state index contributed by atoms with van der Waals surface area (Å²) in [4.78, 5) is 11.4. The SMILES string of the molecule is CCOC(=O)c1cc(-c2cnn(C)c2)n[nH]1. The molecule has 0 amide bonds. The Morgan fingerprint density at radius 3 is 3.06 bits per heavy atom. The molecule has 16 heavy (non-hydrogen) atoms. The Balaban J connectivity index is 2.22. The lowest BCUT2D eigenvalue weighted by Crippen LogP contribution is -2.04. The van der Waals surface area contributed by atoms with Crippen LogP contribution in [-0.2, 0) is 11.8 Å². The summed E-state index contributed by atoms with van der Waals surface area (Å²) < 4.78 is 6.53. The van der Waals surface area contributed by atoms with Crippen molar-refractivity contribution >= 4 is 5.97 Å². The highest BCUT2D eigenvalue weighted by molar-refractivity contribution is 5.88. The van der Waals surface area contributed by atoms with E-state index in [1.165, 1.54) is 0 Å². The second-order valence-electron chi connectivity index (χ2n) is 3.29. The van der Waals surface area contributed by atoms with Gasteiger partial charge in [0.05, 0.1) is 18.5 Å². The van der Waals surface area contributed by atoms with Gasteiger partial charge in [-0.05, 0) is 13.0 Å². The van der Waals surface area contributed by atoms with E-state index in [4.69, 9.17) is 4.74 Å². The van der Waals surface area contributed by atoms with Gasteiger partial charge in [0, 0.05) is 18.8 Å². The fourth-order valence-corrected chi connectivity index (χ4v) is 1.34. The predicted octanol–water partition coefficient (Wildman–Crippen LogP) is 0.987. The zero-order valence-electron chi connectivity index (χ0n) is 9.10. The van der Waals surface area contributed by atoms with Gasteiger partial charge in [-0.25, -0.2) is 4.79 Å². The van der Waals surface area contributed by atoms with Gasteiger partial charge in [0.25, 0.3) is 0 Å². The molecule has 2 heterocycles. The Hall–Kier alpha value is -2.11. The van der Waals surface area contributed by atoms with E-state index in [0.29, 0.717) is 18.0 Å². The summed E-state index contributed by atoms with van der Waals surface area (Å²) in [6.07, 6.45) is 3.51. The van der Waals surface area contributed by atoms with E-state index >= 15 is 0 Å². The Bertz CT molecular complexity index is 500. The molecule has 0 unspecified atom stereocenters. The van der Waals surface area contributed by atoms with Crippen LogP contribution in [0.5, 0.6) is 0 Å². The van der Waals surface area contributed by atoms with Crippen LogP contribution in [0, 0.1) is 0 Å². The highest BCUT2D eigenvalue weighted by Crippen LogP contribution is 2.16. The number of hydrogen-bond acceptors (Lipinski definition) is 4.